The number of nitrogens with zero attached hydrogens (tertiary/aromatic N) is 3. The summed E-state index contributed by atoms with van der Waals surface area (Å²) in [5, 5.41) is 0.320. The monoisotopic (exact) mass is 256 g/mol. The number of amides is 1. The lowest BCUT2D eigenvalue weighted by Gasteiger charge is -2.19. The molecule has 1 aromatic heterocycles. The average Bonchev–Trinajstić information content (AvgIpc) is 2.28. The van der Waals surface area contributed by atoms with Crippen LogP contribution in [0.1, 0.15) is 10.5 Å². The van der Waals surface area contributed by atoms with Crippen molar-refractivity contribution >= 4 is 23.3 Å². The molecule has 0 atom stereocenters. The molecule has 0 saturated carbocycles. The van der Waals surface area contributed by atoms with Crippen LogP contribution in [0.5, 0.6) is 0 Å². The maximum absolute atomic E-state index is 12.0. The predicted octanol–water partition coefficient (Wildman–Crippen LogP) is 0.951. The molecule has 1 heterocycles. The van der Waals surface area contributed by atoms with Gasteiger partial charge in [-0.15, -0.1) is 0 Å². The van der Waals surface area contributed by atoms with Gasteiger partial charge in [0, 0.05) is 20.1 Å². The first-order valence-corrected chi connectivity index (χ1v) is 5.62. The first-order chi connectivity index (χ1) is 7.91. The van der Waals surface area contributed by atoms with Gasteiger partial charge in [0.2, 0.25) is 0 Å². The fourth-order valence-electron chi connectivity index (χ4n) is 1.24. The second-order valence-electron chi connectivity index (χ2n) is 4.10. The van der Waals surface area contributed by atoms with Crippen LogP contribution in [0.15, 0.2) is 12.1 Å². The predicted molar refractivity (Wildman–Crippen MR) is 69.2 cm³/mol. The zero-order valence-corrected chi connectivity index (χ0v) is 11.0. The number of carbonyl (C=O) groups excluding carboxylic acids is 1. The van der Waals surface area contributed by atoms with Crippen molar-refractivity contribution in [1.29, 1.82) is 0 Å². The van der Waals surface area contributed by atoms with Crippen LogP contribution in [0.4, 0.5) is 5.82 Å². The van der Waals surface area contributed by atoms with E-state index in [1.807, 2.05) is 19.0 Å². The Kier molecular flexibility index (Phi) is 4.72. The van der Waals surface area contributed by atoms with E-state index in [2.05, 4.69) is 4.98 Å². The van der Waals surface area contributed by atoms with Crippen LogP contribution in [0.3, 0.4) is 0 Å². The van der Waals surface area contributed by atoms with Gasteiger partial charge in [-0.3, -0.25) is 4.79 Å². The zero-order valence-electron chi connectivity index (χ0n) is 10.3. The molecule has 0 radical (unpaired) electrons. The molecule has 0 fully saturated rings. The molecule has 1 aromatic rings. The van der Waals surface area contributed by atoms with E-state index in [1.165, 1.54) is 0 Å². The SMILES string of the molecule is CN(C)CCN(C)C(=O)c1nc(N)ccc1Cl. The number of halogens is 1. The number of aromatic nitrogens is 1. The Bertz CT molecular complexity index is 408. The summed E-state index contributed by atoms with van der Waals surface area (Å²) in [6, 6.07) is 3.15. The number of carbonyl (C=O) groups is 1. The van der Waals surface area contributed by atoms with Crippen LogP contribution >= 0.6 is 11.6 Å². The van der Waals surface area contributed by atoms with Crippen LogP contribution in [-0.2, 0) is 0 Å². The van der Waals surface area contributed by atoms with Crippen molar-refractivity contribution in [1.82, 2.24) is 14.8 Å². The molecule has 0 unspecified atom stereocenters. The molecule has 0 aliphatic heterocycles. The molecule has 2 N–H and O–H groups in total. The Hall–Kier alpha value is -1.33. The minimum Gasteiger partial charge on any atom is -0.384 e. The summed E-state index contributed by atoms with van der Waals surface area (Å²) >= 11 is 5.92. The first kappa shape index (κ1) is 13.7. The molecule has 0 aliphatic carbocycles. The summed E-state index contributed by atoms with van der Waals surface area (Å²) in [7, 11) is 5.61. The fourth-order valence-corrected chi connectivity index (χ4v) is 1.43. The van der Waals surface area contributed by atoms with Gasteiger partial charge in [0.15, 0.2) is 0 Å². The Balaban J connectivity index is 2.78. The van der Waals surface area contributed by atoms with Gasteiger partial charge in [0.05, 0.1) is 5.02 Å². The highest BCUT2D eigenvalue weighted by Gasteiger charge is 2.17. The molecule has 0 bridgehead atoms. The highest BCUT2D eigenvalue weighted by atomic mass is 35.5. The van der Waals surface area contributed by atoms with E-state index in [-0.39, 0.29) is 11.6 Å². The van der Waals surface area contributed by atoms with Crippen molar-refractivity contribution in [3.8, 4) is 0 Å². The summed E-state index contributed by atoms with van der Waals surface area (Å²) in [5.41, 5.74) is 5.74. The van der Waals surface area contributed by atoms with E-state index in [4.69, 9.17) is 17.3 Å². The summed E-state index contributed by atoms with van der Waals surface area (Å²) in [6.45, 7) is 1.39. The highest BCUT2D eigenvalue weighted by molar-refractivity contribution is 6.33. The summed E-state index contributed by atoms with van der Waals surface area (Å²) < 4.78 is 0. The lowest BCUT2D eigenvalue weighted by molar-refractivity contribution is 0.0781. The molecule has 5 nitrogen and oxygen atoms in total. The molecule has 6 heteroatoms. The van der Waals surface area contributed by atoms with Crippen molar-refractivity contribution < 1.29 is 4.79 Å². The molecule has 94 valence electrons. The third kappa shape index (κ3) is 3.87. The first-order valence-electron chi connectivity index (χ1n) is 5.24. The number of likely N-dealkylation sites (N-methyl/N-ethyl adjacent to an activating group) is 2. The Morgan fingerprint density at radius 1 is 1.35 bits per heavy atom. The number of nitrogens with two attached hydrogens (primary N) is 1. The molecule has 17 heavy (non-hydrogen) atoms. The van der Waals surface area contributed by atoms with Crippen molar-refractivity contribution in [3.05, 3.63) is 22.8 Å². The number of pyridine rings is 1. The van der Waals surface area contributed by atoms with Crippen LogP contribution in [0.25, 0.3) is 0 Å². The fraction of sp³-hybridized carbons (Fsp3) is 0.455. The quantitative estimate of drug-likeness (QED) is 0.871. The second-order valence-corrected chi connectivity index (χ2v) is 4.50. The van der Waals surface area contributed by atoms with E-state index in [0.717, 1.165) is 6.54 Å². The normalized spacial score (nSPS) is 10.6. The summed E-state index contributed by atoms with van der Waals surface area (Å²) in [5.74, 6) is 0.0721. The maximum atomic E-state index is 12.0. The zero-order chi connectivity index (χ0) is 13.0. The average molecular weight is 257 g/mol. The van der Waals surface area contributed by atoms with E-state index in [1.54, 1.807) is 24.1 Å². The van der Waals surface area contributed by atoms with Gasteiger partial charge in [-0.05, 0) is 26.2 Å². The van der Waals surface area contributed by atoms with E-state index in [9.17, 15) is 4.79 Å². The maximum Gasteiger partial charge on any atom is 0.273 e. The third-order valence-corrected chi connectivity index (χ3v) is 2.60. The van der Waals surface area contributed by atoms with Crippen molar-refractivity contribution in [2.45, 2.75) is 0 Å². The number of hydrogen-bond donors (Lipinski definition) is 1. The van der Waals surface area contributed by atoms with E-state index >= 15 is 0 Å². The van der Waals surface area contributed by atoms with Crippen molar-refractivity contribution in [2.75, 3.05) is 40.0 Å². The molecule has 0 aromatic carbocycles. The van der Waals surface area contributed by atoms with Gasteiger partial charge in [-0.25, -0.2) is 4.98 Å². The second kappa shape index (κ2) is 5.84. The topological polar surface area (TPSA) is 62.5 Å². The minimum atomic E-state index is -0.218. The third-order valence-electron chi connectivity index (χ3n) is 2.30. The number of hydrogen-bond acceptors (Lipinski definition) is 4. The molecular weight excluding hydrogens is 240 g/mol. The smallest absolute Gasteiger partial charge is 0.273 e. The van der Waals surface area contributed by atoms with E-state index in [0.29, 0.717) is 17.4 Å². The van der Waals surface area contributed by atoms with Crippen LogP contribution in [0, 0.1) is 0 Å². The van der Waals surface area contributed by atoms with Gasteiger partial charge in [0.25, 0.3) is 5.91 Å². The van der Waals surface area contributed by atoms with Gasteiger partial charge in [-0.1, -0.05) is 11.6 Å². The van der Waals surface area contributed by atoms with Crippen molar-refractivity contribution in [3.63, 3.8) is 0 Å². The standard InChI is InChI=1S/C11H17ClN4O/c1-15(2)6-7-16(3)11(17)10-8(12)4-5-9(13)14-10/h4-5H,6-7H2,1-3H3,(H2,13,14). The largest absolute Gasteiger partial charge is 0.384 e. The van der Waals surface area contributed by atoms with E-state index < -0.39 is 0 Å². The van der Waals surface area contributed by atoms with Gasteiger partial charge in [0.1, 0.15) is 11.5 Å². The van der Waals surface area contributed by atoms with Crippen LogP contribution in [-0.4, -0.2) is 54.9 Å². The van der Waals surface area contributed by atoms with Gasteiger partial charge < -0.3 is 15.5 Å². The number of anilines is 1. The van der Waals surface area contributed by atoms with Gasteiger partial charge >= 0.3 is 0 Å². The number of rotatable bonds is 4. The Morgan fingerprint density at radius 2 is 2.00 bits per heavy atom. The Morgan fingerprint density at radius 3 is 2.59 bits per heavy atom. The highest BCUT2D eigenvalue weighted by Crippen LogP contribution is 2.16. The lowest BCUT2D eigenvalue weighted by atomic mass is 10.3. The van der Waals surface area contributed by atoms with Gasteiger partial charge in [-0.2, -0.15) is 0 Å². The summed E-state index contributed by atoms with van der Waals surface area (Å²) in [6.07, 6.45) is 0. The molecule has 1 amide bonds. The number of nitrogen functional groups attached to an aromatic ring is 1. The Labute approximate surface area is 106 Å². The molecular formula is C11H17ClN4O. The molecule has 0 saturated heterocycles. The van der Waals surface area contributed by atoms with Crippen LogP contribution in [0.2, 0.25) is 5.02 Å². The molecule has 0 spiro atoms. The summed E-state index contributed by atoms with van der Waals surface area (Å²) in [4.78, 5) is 19.6. The lowest BCUT2D eigenvalue weighted by Crippen LogP contribution is -2.34. The minimum absolute atomic E-state index is 0.202. The molecule has 0 aliphatic rings. The molecule has 1 rings (SSSR count). The van der Waals surface area contributed by atoms with Crippen molar-refractivity contribution in [2.24, 2.45) is 0 Å². The van der Waals surface area contributed by atoms with Crippen LogP contribution < -0.4 is 5.73 Å².